The van der Waals surface area contributed by atoms with Gasteiger partial charge in [0.2, 0.25) is 0 Å². The zero-order valence-electron chi connectivity index (χ0n) is 11.8. The second-order valence-electron chi connectivity index (χ2n) is 6.41. The van der Waals surface area contributed by atoms with Gasteiger partial charge in [-0.1, -0.05) is 44.8 Å². The maximum Gasteiger partial charge on any atom is 0.268 e. The summed E-state index contributed by atoms with van der Waals surface area (Å²) in [4.78, 5) is 0. The average Bonchev–Trinajstić information content (AvgIpc) is 2.37. The Bertz CT molecular complexity index is 405. The zero-order valence-corrected chi connectivity index (χ0v) is 12.6. The van der Waals surface area contributed by atoms with Gasteiger partial charge in [-0.3, -0.25) is 4.55 Å². The molecule has 2 saturated carbocycles. The van der Waals surface area contributed by atoms with E-state index in [0.29, 0.717) is 12.3 Å². The molecule has 0 spiro atoms. The topological polar surface area (TPSA) is 54.4 Å². The van der Waals surface area contributed by atoms with Crippen LogP contribution in [-0.2, 0) is 10.1 Å². The van der Waals surface area contributed by atoms with E-state index in [0.717, 1.165) is 25.2 Å². The fourth-order valence-corrected chi connectivity index (χ4v) is 4.63. The number of allylic oxidation sites excluding steroid dienone is 2. The third kappa shape index (κ3) is 4.32. The smallest absolute Gasteiger partial charge is 0.268 e. The quantitative estimate of drug-likeness (QED) is 0.634. The molecule has 1 N–H and O–H groups in total. The molecule has 0 aromatic heterocycles. The summed E-state index contributed by atoms with van der Waals surface area (Å²) in [6, 6.07) is 0. The van der Waals surface area contributed by atoms with Crippen molar-refractivity contribution in [3.63, 3.8) is 0 Å². The lowest BCUT2D eigenvalue weighted by Crippen LogP contribution is -2.31. The SMILES string of the molecule is CC1CCC(C=CC2CCCCC2S(=O)(=O)O)CC1. The second kappa shape index (κ2) is 6.40. The number of hydrogen-bond donors (Lipinski definition) is 1. The fourth-order valence-electron chi connectivity index (χ4n) is 3.49. The molecule has 19 heavy (non-hydrogen) atoms. The van der Waals surface area contributed by atoms with Gasteiger partial charge >= 0.3 is 0 Å². The van der Waals surface area contributed by atoms with Crippen molar-refractivity contribution < 1.29 is 13.0 Å². The lowest BCUT2D eigenvalue weighted by Gasteiger charge is -2.28. The zero-order chi connectivity index (χ0) is 13.9. The highest BCUT2D eigenvalue weighted by Gasteiger charge is 2.32. The van der Waals surface area contributed by atoms with Gasteiger partial charge in [0, 0.05) is 0 Å². The maximum absolute atomic E-state index is 11.4. The van der Waals surface area contributed by atoms with E-state index in [1.165, 1.54) is 25.7 Å². The summed E-state index contributed by atoms with van der Waals surface area (Å²) >= 11 is 0. The second-order valence-corrected chi connectivity index (χ2v) is 8.04. The Labute approximate surface area is 117 Å². The summed E-state index contributed by atoms with van der Waals surface area (Å²) in [6.07, 6.45) is 12.8. The molecule has 2 rings (SSSR count). The molecule has 0 aliphatic heterocycles. The molecule has 2 atom stereocenters. The summed E-state index contributed by atoms with van der Waals surface area (Å²) in [5, 5.41) is -0.569. The van der Waals surface area contributed by atoms with E-state index in [2.05, 4.69) is 19.1 Å². The normalized spacial score (nSPS) is 37.6. The molecule has 110 valence electrons. The molecule has 2 aliphatic carbocycles. The molecule has 3 nitrogen and oxygen atoms in total. The highest BCUT2D eigenvalue weighted by molar-refractivity contribution is 7.86. The van der Waals surface area contributed by atoms with Crippen LogP contribution in [0.4, 0.5) is 0 Å². The summed E-state index contributed by atoms with van der Waals surface area (Å²) in [6.45, 7) is 2.30. The molecule has 0 aromatic carbocycles. The summed E-state index contributed by atoms with van der Waals surface area (Å²) in [5.41, 5.74) is 0. The molecule has 0 amide bonds. The van der Waals surface area contributed by atoms with Crippen molar-refractivity contribution >= 4 is 10.1 Å². The summed E-state index contributed by atoms with van der Waals surface area (Å²) in [5.74, 6) is 1.47. The molecular formula is C15H26O3S. The highest BCUT2D eigenvalue weighted by Crippen LogP contribution is 2.33. The first kappa shape index (κ1) is 15.0. The van der Waals surface area contributed by atoms with Crippen molar-refractivity contribution in [1.29, 1.82) is 0 Å². The van der Waals surface area contributed by atoms with Crippen LogP contribution in [-0.4, -0.2) is 18.2 Å². The van der Waals surface area contributed by atoms with Crippen LogP contribution in [0.25, 0.3) is 0 Å². The van der Waals surface area contributed by atoms with Gasteiger partial charge < -0.3 is 0 Å². The molecular weight excluding hydrogens is 260 g/mol. The van der Waals surface area contributed by atoms with Crippen LogP contribution in [0, 0.1) is 17.8 Å². The molecule has 2 fully saturated rings. The first-order chi connectivity index (χ1) is 8.97. The van der Waals surface area contributed by atoms with Gasteiger partial charge in [-0.25, -0.2) is 0 Å². The minimum Gasteiger partial charge on any atom is -0.285 e. The van der Waals surface area contributed by atoms with Crippen LogP contribution in [0.1, 0.15) is 58.3 Å². The summed E-state index contributed by atoms with van der Waals surface area (Å²) in [7, 11) is -3.89. The van der Waals surface area contributed by atoms with E-state index in [-0.39, 0.29) is 5.92 Å². The van der Waals surface area contributed by atoms with Gasteiger partial charge in [-0.05, 0) is 43.4 Å². The lowest BCUT2D eigenvalue weighted by molar-refractivity contribution is 0.327. The molecule has 2 unspecified atom stereocenters. The van der Waals surface area contributed by atoms with Gasteiger partial charge in [-0.15, -0.1) is 0 Å². The number of hydrogen-bond acceptors (Lipinski definition) is 2. The molecule has 0 bridgehead atoms. The molecule has 4 heteroatoms. The van der Waals surface area contributed by atoms with Crippen molar-refractivity contribution in [3.05, 3.63) is 12.2 Å². The predicted octanol–water partition coefficient (Wildman–Crippen LogP) is 3.82. The van der Waals surface area contributed by atoms with E-state index in [1.807, 2.05) is 0 Å². The number of rotatable bonds is 3. The van der Waals surface area contributed by atoms with E-state index >= 15 is 0 Å². The standard InChI is InChI=1S/C15H26O3S/c1-12-6-8-13(9-7-12)10-11-14-4-2-3-5-15(14)19(16,17)18/h10-15H,2-9H2,1H3,(H,16,17,18). The minimum atomic E-state index is -3.89. The van der Waals surface area contributed by atoms with Crippen LogP contribution in [0.2, 0.25) is 0 Å². The van der Waals surface area contributed by atoms with E-state index in [1.54, 1.807) is 0 Å². The largest absolute Gasteiger partial charge is 0.285 e. The van der Waals surface area contributed by atoms with Gasteiger partial charge in [-0.2, -0.15) is 8.42 Å². The van der Waals surface area contributed by atoms with Crippen molar-refractivity contribution in [2.45, 2.75) is 63.5 Å². The first-order valence-electron chi connectivity index (χ1n) is 7.61. The van der Waals surface area contributed by atoms with Crippen molar-refractivity contribution in [1.82, 2.24) is 0 Å². The fraction of sp³-hybridized carbons (Fsp3) is 0.867. The van der Waals surface area contributed by atoms with Gasteiger partial charge in [0.25, 0.3) is 10.1 Å². The Kier molecular flexibility index (Phi) is 5.07. The summed E-state index contributed by atoms with van der Waals surface area (Å²) < 4.78 is 32.1. The van der Waals surface area contributed by atoms with Crippen LogP contribution in [0.5, 0.6) is 0 Å². The Morgan fingerprint density at radius 2 is 1.58 bits per heavy atom. The highest BCUT2D eigenvalue weighted by atomic mass is 32.2. The molecule has 0 radical (unpaired) electrons. The van der Waals surface area contributed by atoms with Gasteiger partial charge in [0.15, 0.2) is 0 Å². The maximum atomic E-state index is 11.4. The van der Waals surface area contributed by atoms with Crippen LogP contribution in [0.3, 0.4) is 0 Å². The van der Waals surface area contributed by atoms with Gasteiger partial charge in [0.05, 0.1) is 5.25 Å². The van der Waals surface area contributed by atoms with Crippen LogP contribution >= 0.6 is 0 Å². The monoisotopic (exact) mass is 286 g/mol. The van der Waals surface area contributed by atoms with Crippen molar-refractivity contribution in [2.24, 2.45) is 17.8 Å². The lowest BCUT2D eigenvalue weighted by atomic mass is 9.81. The Hall–Kier alpha value is -0.350. The Morgan fingerprint density at radius 3 is 2.21 bits per heavy atom. The van der Waals surface area contributed by atoms with Crippen molar-refractivity contribution in [3.8, 4) is 0 Å². The third-order valence-electron chi connectivity index (χ3n) is 4.83. The van der Waals surface area contributed by atoms with E-state index < -0.39 is 15.4 Å². The van der Waals surface area contributed by atoms with Crippen LogP contribution < -0.4 is 0 Å². The Balaban J connectivity index is 1.96. The van der Waals surface area contributed by atoms with E-state index in [9.17, 15) is 13.0 Å². The van der Waals surface area contributed by atoms with Crippen LogP contribution in [0.15, 0.2) is 12.2 Å². The average molecular weight is 286 g/mol. The molecule has 0 heterocycles. The minimum absolute atomic E-state index is 0.0168. The third-order valence-corrected chi connectivity index (χ3v) is 6.18. The van der Waals surface area contributed by atoms with Gasteiger partial charge in [0.1, 0.15) is 0 Å². The van der Waals surface area contributed by atoms with E-state index in [4.69, 9.17) is 0 Å². The molecule has 2 aliphatic rings. The predicted molar refractivity (Wildman–Crippen MR) is 77.6 cm³/mol. The molecule has 0 aromatic rings. The molecule has 0 saturated heterocycles. The van der Waals surface area contributed by atoms with Crippen molar-refractivity contribution in [2.75, 3.05) is 0 Å². The first-order valence-corrected chi connectivity index (χ1v) is 9.12. The Morgan fingerprint density at radius 1 is 0.947 bits per heavy atom.